The van der Waals surface area contributed by atoms with E-state index in [-0.39, 0.29) is 38.5 Å². The van der Waals surface area contributed by atoms with Crippen LogP contribution in [0.2, 0.25) is 0 Å². The van der Waals surface area contributed by atoms with Crippen LogP contribution in [0.15, 0.2) is 12.2 Å². The SMILES string of the molecule is CCCCCC[C@@H](O)C/C=C\CCCCCCCC(=O)OCCOCC(O)CO. The van der Waals surface area contributed by atoms with Crippen molar-refractivity contribution in [3.8, 4) is 0 Å². The van der Waals surface area contributed by atoms with Crippen LogP contribution < -0.4 is 0 Å². The van der Waals surface area contributed by atoms with E-state index in [2.05, 4.69) is 19.1 Å². The van der Waals surface area contributed by atoms with Gasteiger partial charge in [-0.15, -0.1) is 0 Å². The molecule has 0 rings (SSSR count). The van der Waals surface area contributed by atoms with Gasteiger partial charge in [0, 0.05) is 6.42 Å². The molecule has 0 saturated carbocycles. The van der Waals surface area contributed by atoms with E-state index >= 15 is 0 Å². The predicted octanol–water partition coefficient (Wildman–Crippen LogP) is 3.91. The highest BCUT2D eigenvalue weighted by Gasteiger charge is 2.04. The first-order valence-corrected chi connectivity index (χ1v) is 11.5. The molecular formula is C23H44O6. The van der Waals surface area contributed by atoms with Crippen LogP contribution in [-0.2, 0) is 14.3 Å². The second-order valence-electron chi connectivity index (χ2n) is 7.65. The van der Waals surface area contributed by atoms with Crippen molar-refractivity contribution >= 4 is 5.97 Å². The normalized spacial score (nSPS) is 13.7. The fraction of sp³-hybridized carbons (Fsp3) is 0.870. The Balaban J connectivity index is 3.34. The lowest BCUT2D eigenvalue weighted by molar-refractivity contribution is -0.145. The van der Waals surface area contributed by atoms with Crippen LogP contribution in [0.5, 0.6) is 0 Å². The zero-order valence-corrected chi connectivity index (χ0v) is 18.4. The summed E-state index contributed by atoms with van der Waals surface area (Å²) in [5.74, 6) is -0.215. The molecule has 0 spiro atoms. The van der Waals surface area contributed by atoms with Gasteiger partial charge >= 0.3 is 5.97 Å². The molecule has 6 nitrogen and oxygen atoms in total. The molecule has 29 heavy (non-hydrogen) atoms. The van der Waals surface area contributed by atoms with E-state index in [1.54, 1.807) is 0 Å². The Kier molecular flexibility index (Phi) is 21.0. The number of ether oxygens (including phenoxy) is 2. The van der Waals surface area contributed by atoms with Gasteiger partial charge in [0.25, 0.3) is 0 Å². The summed E-state index contributed by atoms with van der Waals surface area (Å²) < 4.78 is 10.1. The van der Waals surface area contributed by atoms with Gasteiger partial charge in [0.2, 0.25) is 0 Å². The highest BCUT2D eigenvalue weighted by Crippen LogP contribution is 2.10. The number of esters is 1. The molecule has 0 amide bonds. The second kappa shape index (κ2) is 21.8. The smallest absolute Gasteiger partial charge is 0.305 e. The molecule has 6 heteroatoms. The van der Waals surface area contributed by atoms with E-state index in [1.807, 2.05) is 0 Å². The molecule has 1 unspecified atom stereocenters. The quantitative estimate of drug-likeness (QED) is 0.149. The van der Waals surface area contributed by atoms with Gasteiger partial charge in [0.05, 0.1) is 25.9 Å². The van der Waals surface area contributed by atoms with Crippen molar-refractivity contribution in [1.82, 2.24) is 0 Å². The Morgan fingerprint density at radius 2 is 1.62 bits per heavy atom. The van der Waals surface area contributed by atoms with Crippen LogP contribution >= 0.6 is 0 Å². The first-order chi connectivity index (χ1) is 14.1. The molecule has 0 aromatic carbocycles. The van der Waals surface area contributed by atoms with E-state index in [1.165, 1.54) is 19.3 Å². The largest absolute Gasteiger partial charge is 0.463 e. The van der Waals surface area contributed by atoms with Crippen molar-refractivity contribution in [2.24, 2.45) is 0 Å². The summed E-state index contributed by atoms with van der Waals surface area (Å²) in [5, 5.41) is 27.6. The lowest BCUT2D eigenvalue weighted by atomic mass is 10.1. The third-order valence-corrected chi connectivity index (χ3v) is 4.73. The zero-order valence-electron chi connectivity index (χ0n) is 18.4. The first-order valence-electron chi connectivity index (χ1n) is 11.5. The summed E-state index contributed by atoms with van der Waals surface area (Å²) in [4.78, 5) is 11.6. The van der Waals surface area contributed by atoms with Gasteiger partial charge in [-0.2, -0.15) is 0 Å². The summed E-state index contributed by atoms with van der Waals surface area (Å²) in [6, 6.07) is 0. The molecule has 0 aliphatic rings. The summed E-state index contributed by atoms with van der Waals surface area (Å²) in [7, 11) is 0. The molecule has 0 saturated heterocycles. The lowest BCUT2D eigenvalue weighted by Crippen LogP contribution is -2.21. The molecule has 0 heterocycles. The van der Waals surface area contributed by atoms with Crippen molar-refractivity contribution in [2.75, 3.05) is 26.4 Å². The number of hydrogen-bond donors (Lipinski definition) is 3. The monoisotopic (exact) mass is 416 g/mol. The van der Waals surface area contributed by atoms with E-state index < -0.39 is 6.10 Å². The molecule has 0 aromatic rings. The number of allylic oxidation sites excluding steroid dienone is 1. The number of aliphatic hydroxyl groups is 3. The predicted molar refractivity (Wildman–Crippen MR) is 116 cm³/mol. The van der Waals surface area contributed by atoms with Crippen LogP contribution in [-0.4, -0.2) is 59.9 Å². The number of hydrogen-bond acceptors (Lipinski definition) is 6. The van der Waals surface area contributed by atoms with Crippen LogP contribution in [0.25, 0.3) is 0 Å². The Morgan fingerprint density at radius 3 is 2.38 bits per heavy atom. The molecule has 0 aliphatic carbocycles. The number of carbonyl (C=O) groups excluding carboxylic acids is 1. The third-order valence-electron chi connectivity index (χ3n) is 4.73. The van der Waals surface area contributed by atoms with Gasteiger partial charge < -0.3 is 24.8 Å². The van der Waals surface area contributed by atoms with Crippen molar-refractivity contribution in [3.63, 3.8) is 0 Å². The Bertz CT molecular complexity index is 386. The van der Waals surface area contributed by atoms with E-state index in [9.17, 15) is 9.90 Å². The van der Waals surface area contributed by atoms with Crippen LogP contribution in [0.4, 0.5) is 0 Å². The van der Waals surface area contributed by atoms with Crippen LogP contribution in [0, 0.1) is 0 Å². The topological polar surface area (TPSA) is 96.2 Å². The molecule has 2 atom stereocenters. The first kappa shape index (κ1) is 28.1. The molecular weight excluding hydrogens is 372 g/mol. The maximum Gasteiger partial charge on any atom is 0.305 e. The molecule has 0 aromatic heterocycles. The summed E-state index contributed by atoms with van der Waals surface area (Å²) in [5.41, 5.74) is 0. The van der Waals surface area contributed by atoms with E-state index in [0.29, 0.717) is 6.42 Å². The fourth-order valence-electron chi connectivity index (χ4n) is 2.92. The second-order valence-corrected chi connectivity index (χ2v) is 7.65. The minimum atomic E-state index is -0.881. The Hall–Kier alpha value is -0.950. The Labute approximate surface area is 177 Å². The number of aliphatic hydroxyl groups excluding tert-OH is 3. The molecule has 0 radical (unpaired) electrons. The average Bonchev–Trinajstić information content (AvgIpc) is 2.72. The molecule has 172 valence electrons. The zero-order chi connectivity index (χ0) is 21.6. The van der Waals surface area contributed by atoms with Crippen molar-refractivity contribution in [1.29, 1.82) is 0 Å². The van der Waals surface area contributed by atoms with E-state index in [0.717, 1.165) is 57.8 Å². The van der Waals surface area contributed by atoms with Crippen LogP contribution in [0.1, 0.15) is 90.4 Å². The minimum Gasteiger partial charge on any atom is -0.463 e. The standard InChI is InChI=1S/C23H44O6/c1-2-3-4-11-14-21(25)15-12-9-7-5-6-8-10-13-16-23(27)29-18-17-28-20-22(26)19-24/h9,12,21-22,24-26H,2-8,10-11,13-20H2,1H3/b12-9-/t21-,22?/m1/s1. The van der Waals surface area contributed by atoms with Crippen LogP contribution in [0.3, 0.4) is 0 Å². The van der Waals surface area contributed by atoms with Gasteiger partial charge in [-0.25, -0.2) is 0 Å². The number of rotatable bonds is 21. The highest BCUT2D eigenvalue weighted by molar-refractivity contribution is 5.69. The van der Waals surface area contributed by atoms with Crippen molar-refractivity contribution in [3.05, 3.63) is 12.2 Å². The molecule has 3 N–H and O–H groups in total. The maximum absolute atomic E-state index is 11.6. The fourth-order valence-corrected chi connectivity index (χ4v) is 2.92. The number of unbranched alkanes of at least 4 members (excludes halogenated alkanes) is 8. The lowest BCUT2D eigenvalue weighted by Gasteiger charge is -2.08. The summed E-state index contributed by atoms with van der Waals surface area (Å²) in [6.07, 6.45) is 16.5. The maximum atomic E-state index is 11.6. The molecule has 0 aliphatic heterocycles. The van der Waals surface area contributed by atoms with Gasteiger partial charge in [-0.3, -0.25) is 4.79 Å². The van der Waals surface area contributed by atoms with Crippen molar-refractivity contribution < 1.29 is 29.6 Å². The van der Waals surface area contributed by atoms with Crippen molar-refractivity contribution in [2.45, 2.75) is 103 Å². The van der Waals surface area contributed by atoms with E-state index in [4.69, 9.17) is 19.7 Å². The van der Waals surface area contributed by atoms with Gasteiger partial charge in [0.15, 0.2) is 0 Å². The highest BCUT2D eigenvalue weighted by atomic mass is 16.6. The number of carbonyl (C=O) groups is 1. The average molecular weight is 417 g/mol. The summed E-state index contributed by atoms with van der Waals surface area (Å²) in [6.45, 7) is 2.31. The molecule has 0 bridgehead atoms. The van der Waals surface area contributed by atoms with Gasteiger partial charge in [0.1, 0.15) is 12.7 Å². The third kappa shape index (κ3) is 21.6. The van der Waals surface area contributed by atoms with Gasteiger partial charge in [-0.1, -0.05) is 64.0 Å². The minimum absolute atomic E-state index is 0.0445. The summed E-state index contributed by atoms with van der Waals surface area (Å²) >= 11 is 0. The Morgan fingerprint density at radius 1 is 0.897 bits per heavy atom. The molecule has 0 fully saturated rings. The van der Waals surface area contributed by atoms with Gasteiger partial charge in [-0.05, 0) is 32.1 Å².